The third-order valence-electron chi connectivity index (χ3n) is 2.48. The first-order valence-electron chi connectivity index (χ1n) is 4.79. The van der Waals surface area contributed by atoms with Crippen LogP contribution >= 0.6 is 0 Å². The molecule has 70 valence electrons. The summed E-state index contributed by atoms with van der Waals surface area (Å²) in [5, 5.41) is 0. The van der Waals surface area contributed by atoms with Crippen molar-refractivity contribution >= 4 is 5.97 Å². The van der Waals surface area contributed by atoms with Crippen LogP contribution in [0.5, 0.6) is 0 Å². The minimum absolute atomic E-state index is 0.0156. The number of carbonyl (C=O) groups is 1. The molecule has 0 unspecified atom stereocenters. The van der Waals surface area contributed by atoms with E-state index in [1.807, 2.05) is 19.9 Å². The van der Waals surface area contributed by atoms with Crippen LogP contribution in [0.4, 0.5) is 0 Å². The first-order valence-corrected chi connectivity index (χ1v) is 4.79. The van der Waals surface area contributed by atoms with E-state index < -0.39 is 0 Å². The molecule has 0 radical (unpaired) electrons. The van der Waals surface area contributed by atoms with Gasteiger partial charge in [0.15, 0.2) is 0 Å². The number of carbonyl (C=O) groups excluding carboxylic acids is 1. The van der Waals surface area contributed by atoms with E-state index in [1.54, 1.807) is 0 Å². The van der Waals surface area contributed by atoms with Gasteiger partial charge in [0.05, 0.1) is 11.7 Å². The molecule has 2 rings (SSSR count). The number of ether oxygens (including phenoxy) is 1. The summed E-state index contributed by atoms with van der Waals surface area (Å²) in [6.07, 6.45) is 5.21. The van der Waals surface area contributed by atoms with Crippen LogP contribution in [0, 0.1) is 0 Å². The molecule has 2 bridgehead atoms. The highest BCUT2D eigenvalue weighted by molar-refractivity contribution is 5.94. The van der Waals surface area contributed by atoms with Gasteiger partial charge >= 0.3 is 5.97 Å². The van der Waals surface area contributed by atoms with Crippen molar-refractivity contribution in [2.24, 2.45) is 0 Å². The van der Waals surface area contributed by atoms with Gasteiger partial charge in [-0.2, -0.15) is 0 Å². The summed E-state index contributed by atoms with van der Waals surface area (Å²) in [6.45, 7) is 3.76. The average Bonchev–Trinajstić information content (AvgIpc) is 2.62. The predicted molar refractivity (Wildman–Crippen MR) is 50.2 cm³/mol. The molecule has 0 aromatic rings. The summed E-state index contributed by atoms with van der Waals surface area (Å²) in [5.41, 5.74) is 3.50. The number of esters is 1. The second-order valence-electron chi connectivity index (χ2n) is 3.95. The standard InChI is InChI=1S/C11H14O2/c1-7(2)13-11(12)10-6-8-3-4-9(10)5-8/h6-7H,3-5H2,1-2H3. The zero-order chi connectivity index (χ0) is 9.42. The monoisotopic (exact) mass is 178 g/mol. The molecular formula is C11H14O2. The lowest BCUT2D eigenvalue weighted by atomic mass is 10.1. The third-order valence-corrected chi connectivity index (χ3v) is 2.48. The molecule has 0 heterocycles. The largest absolute Gasteiger partial charge is 0.459 e. The van der Waals surface area contributed by atoms with E-state index in [-0.39, 0.29) is 12.1 Å². The van der Waals surface area contributed by atoms with Crippen LogP contribution in [0.25, 0.3) is 0 Å². The second-order valence-corrected chi connectivity index (χ2v) is 3.95. The zero-order valence-electron chi connectivity index (χ0n) is 8.09. The number of allylic oxidation sites excluding steroid dienone is 2. The smallest absolute Gasteiger partial charge is 0.338 e. The minimum Gasteiger partial charge on any atom is -0.459 e. The molecule has 0 saturated heterocycles. The Morgan fingerprint density at radius 3 is 2.69 bits per heavy atom. The van der Waals surface area contributed by atoms with Gasteiger partial charge in [-0.05, 0) is 39.2 Å². The fourth-order valence-corrected chi connectivity index (χ4v) is 1.90. The van der Waals surface area contributed by atoms with Crippen molar-refractivity contribution < 1.29 is 9.53 Å². The van der Waals surface area contributed by atoms with Crippen molar-refractivity contribution in [3.8, 4) is 0 Å². The van der Waals surface area contributed by atoms with E-state index in [0.717, 1.165) is 24.8 Å². The Bertz CT molecular complexity index is 308. The SMILES string of the molecule is CC(C)OC(=O)C1=C2CCC(=C1)C2. The zero-order valence-corrected chi connectivity index (χ0v) is 8.09. The fourth-order valence-electron chi connectivity index (χ4n) is 1.90. The summed E-state index contributed by atoms with van der Waals surface area (Å²) < 4.78 is 5.15. The van der Waals surface area contributed by atoms with Gasteiger partial charge in [0.2, 0.25) is 0 Å². The van der Waals surface area contributed by atoms with Gasteiger partial charge in [-0.15, -0.1) is 0 Å². The molecule has 13 heavy (non-hydrogen) atoms. The van der Waals surface area contributed by atoms with Crippen LogP contribution < -0.4 is 0 Å². The third kappa shape index (κ3) is 1.53. The van der Waals surface area contributed by atoms with Gasteiger partial charge < -0.3 is 4.74 Å². The van der Waals surface area contributed by atoms with Crippen LogP contribution in [-0.4, -0.2) is 12.1 Å². The first-order chi connectivity index (χ1) is 6.16. The van der Waals surface area contributed by atoms with Crippen molar-refractivity contribution in [2.75, 3.05) is 0 Å². The van der Waals surface area contributed by atoms with Gasteiger partial charge in [0.1, 0.15) is 0 Å². The van der Waals surface area contributed by atoms with Crippen LogP contribution in [0.1, 0.15) is 33.1 Å². The normalized spacial score (nSPS) is 19.8. The van der Waals surface area contributed by atoms with E-state index in [2.05, 4.69) is 0 Å². The van der Waals surface area contributed by atoms with E-state index in [1.165, 1.54) is 11.1 Å². The molecule has 0 amide bonds. The lowest BCUT2D eigenvalue weighted by Gasteiger charge is -2.09. The summed E-state index contributed by atoms with van der Waals surface area (Å²) in [7, 11) is 0. The van der Waals surface area contributed by atoms with Crippen molar-refractivity contribution in [3.63, 3.8) is 0 Å². The average molecular weight is 178 g/mol. The van der Waals surface area contributed by atoms with E-state index in [4.69, 9.17) is 4.74 Å². The molecule has 2 heteroatoms. The first kappa shape index (κ1) is 8.54. The molecule has 0 atom stereocenters. The fraction of sp³-hybridized carbons (Fsp3) is 0.545. The molecule has 2 aliphatic rings. The Kier molecular flexibility index (Phi) is 1.98. The second kappa shape index (κ2) is 3.02. The maximum Gasteiger partial charge on any atom is 0.338 e. The Morgan fingerprint density at radius 1 is 1.46 bits per heavy atom. The Balaban J connectivity index is 2.11. The van der Waals surface area contributed by atoms with Gasteiger partial charge in [0, 0.05) is 0 Å². The summed E-state index contributed by atoms with van der Waals surface area (Å²) in [5.74, 6) is -0.139. The van der Waals surface area contributed by atoms with E-state index >= 15 is 0 Å². The van der Waals surface area contributed by atoms with Crippen molar-refractivity contribution in [1.29, 1.82) is 0 Å². The van der Waals surface area contributed by atoms with Crippen LogP contribution in [-0.2, 0) is 9.53 Å². The molecule has 2 nitrogen and oxygen atoms in total. The maximum atomic E-state index is 11.5. The minimum atomic E-state index is -0.139. The van der Waals surface area contributed by atoms with E-state index in [0.29, 0.717) is 0 Å². The quantitative estimate of drug-likeness (QED) is 0.607. The molecular weight excluding hydrogens is 164 g/mol. The Labute approximate surface area is 78.3 Å². The highest BCUT2D eigenvalue weighted by atomic mass is 16.5. The molecule has 0 aromatic carbocycles. The number of hydrogen-bond donors (Lipinski definition) is 0. The molecule has 0 aromatic heterocycles. The van der Waals surface area contributed by atoms with Gasteiger partial charge in [-0.1, -0.05) is 11.1 Å². The molecule has 0 spiro atoms. The van der Waals surface area contributed by atoms with Crippen LogP contribution in [0.3, 0.4) is 0 Å². The van der Waals surface area contributed by atoms with Crippen LogP contribution in [0.2, 0.25) is 0 Å². The summed E-state index contributed by atoms with van der Waals surface area (Å²) in [6, 6.07) is 0. The van der Waals surface area contributed by atoms with Crippen molar-refractivity contribution in [1.82, 2.24) is 0 Å². The van der Waals surface area contributed by atoms with E-state index in [9.17, 15) is 4.79 Å². The molecule has 0 aliphatic heterocycles. The molecule has 1 saturated carbocycles. The molecule has 1 fully saturated rings. The number of fused-ring (bicyclic) bond motifs is 2. The van der Waals surface area contributed by atoms with Crippen molar-refractivity contribution in [3.05, 3.63) is 22.8 Å². The highest BCUT2D eigenvalue weighted by Gasteiger charge is 2.27. The Morgan fingerprint density at radius 2 is 2.23 bits per heavy atom. The molecule has 2 aliphatic carbocycles. The van der Waals surface area contributed by atoms with Gasteiger partial charge in [0.25, 0.3) is 0 Å². The van der Waals surface area contributed by atoms with Crippen LogP contribution in [0.15, 0.2) is 22.8 Å². The lowest BCUT2D eigenvalue weighted by molar-refractivity contribution is -0.142. The maximum absolute atomic E-state index is 11.5. The van der Waals surface area contributed by atoms with Crippen molar-refractivity contribution in [2.45, 2.75) is 39.2 Å². The highest BCUT2D eigenvalue weighted by Crippen LogP contribution is 2.39. The van der Waals surface area contributed by atoms with Gasteiger partial charge in [-0.3, -0.25) is 0 Å². The Hall–Kier alpha value is -1.05. The predicted octanol–water partition coefficient (Wildman–Crippen LogP) is 2.36. The lowest BCUT2D eigenvalue weighted by Crippen LogP contribution is -2.13. The number of rotatable bonds is 2. The van der Waals surface area contributed by atoms with Gasteiger partial charge in [-0.25, -0.2) is 4.79 Å². The summed E-state index contributed by atoms with van der Waals surface area (Å²) in [4.78, 5) is 11.5. The summed E-state index contributed by atoms with van der Waals surface area (Å²) >= 11 is 0. The molecule has 0 N–H and O–H groups in total. The topological polar surface area (TPSA) is 26.3 Å². The number of hydrogen-bond acceptors (Lipinski definition) is 2.